The largest absolute Gasteiger partial charge is 0.477 e. The molecule has 3 heteroatoms. The van der Waals surface area contributed by atoms with E-state index in [0.29, 0.717) is 10.8 Å². The molecule has 2 nitrogen and oxygen atoms in total. The van der Waals surface area contributed by atoms with Crippen molar-refractivity contribution in [3.05, 3.63) is 21.9 Å². The summed E-state index contributed by atoms with van der Waals surface area (Å²) in [6, 6.07) is 1.99. The van der Waals surface area contributed by atoms with Crippen LogP contribution in [0.3, 0.4) is 0 Å². The number of hydrogen-bond acceptors (Lipinski definition) is 2. The van der Waals surface area contributed by atoms with Crippen molar-refractivity contribution in [3.63, 3.8) is 0 Å². The SMILES string of the molecule is CC1CCC(c2ccsc2C(=O)O)CC1. The van der Waals surface area contributed by atoms with Crippen molar-refractivity contribution in [2.45, 2.75) is 38.5 Å². The predicted molar refractivity (Wildman–Crippen MR) is 61.7 cm³/mol. The minimum atomic E-state index is -0.765. The molecule has 0 aliphatic heterocycles. The first-order valence-corrected chi connectivity index (χ1v) is 6.37. The van der Waals surface area contributed by atoms with Crippen LogP contribution >= 0.6 is 11.3 Å². The van der Waals surface area contributed by atoms with Gasteiger partial charge < -0.3 is 5.11 Å². The van der Waals surface area contributed by atoms with Crippen LogP contribution in [0.2, 0.25) is 0 Å². The molecule has 1 fully saturated rings. The molecule has 1 heterocycles. The number of hydrogen-bond donors (Lipinski definition) is 1. The van der Waals surface area contributed by atoms with Gasteiger partial charge in [-0.3, -0.25) is 0 Å². The van der Waals surface area contributed by atoms with Gasteiger partial charge in [0, 0.05) is 0 Å². The summed E-state index contributed by atoms with van der Waals surface area (Å²) in [6.07, 6.45) is 4.77. The minimum absolute atomic E-state index is 0.485. The molecular formula is C12H16O2S. The van der Waals surface area contributed by atoms with E-state index in [1.807, 2.05) is 11.4 Å². The molecule has 1 aromatic heterocycles. The highest BCUT2D eigenvalue weighted by atomic mass is 32.1. The zero-order valence-electron chi connectivity index (χ0n) is 8.90. The molecular weight excluding hydrogens is 208 g/mol. The van der Waals surface area contributed by atoms with Gasteiger partial charge in [-0.05, 0) is 41.7 Å². The highest BCUT2D eigenvalue weighted by Gasteiger charge is 2.24. The van der Waals surface area contributed by atoms with Gasteiger partial charge in [0.25, 0.3) is 0 Å². The minimum Gasteiger partial charge on any atom is -0.477 e. The van der Waals surface area contributed by atoms with E-state index < -0.39 is 5.97 Å². The molecule has 0 radical (unpaired) electrons. The Morgan fingerprint density at radius 3 is 2.67 bits per heavy atom. The summed E-state index contributed by atoms with van der Waals surface area (Å²) in [7, 11) is 0. The van der Waals surface area contributed by atoms with Gasteiger partial charge in [0.2, 0.25) is 0 Å². The number of carboxylic acids is 1. The first kappa shape index (κ1) is 10.7. The Morgan fingerprint density at radius 2 is 2.07 bits per heavy atom. The lowest BCUT2D eigenvalue weighted by molar-refractivity contribution is 0.0700. The summed E-state index contributed by atoms with van der Waals surface area (Å²) in [5.74, 6) is 0.533. The molecule has 0 saturated heterocycles. The second kappa shape index (κ2) is 4.35. The van der Waals surface area contributed by atoms with Crippen LogP contribution in [0.1, 0.15) is 53.8 Å². The molecule has 0 spiro atoms. The van der Waals surface area contributed by atoms with E-state index in [2.05, 4.69) is 6.92 Å². The quantitative estimate of drug-likeness (QED) is 0.830. The first-order valence-electron chi connectivity index (χ1n) is 5.49. The van der Waals surface area contributed by atoms with Crippen molar-refractivity contribution in [1.29, 1.82) is 0 Å². The maximum absolute atomic E-state index is 11.0. The van der Waals surface area contributed by atoms with Gasteiger partial charge in [-0.25, -0.2) is 4.79 Å². The molecule has 82 valence electrons. The van der Waals surface area contributed by atoms with Crippen molar-refractivity contribution in [2.75, 3.05) is 0 Å². The molecule has 1 aliphatic rings. The summed E-state index contributed by atoms with van der Waals surface area (Å²) in [5, 5.41) is 10.9. The third-order valence-electron chi connectivity index (χ3n) is 3.35. The fraction of sp³-hybridized carbons (Fsp3) is 0.583. The fourth-order valence-corrected chi connectivity index (χ4v) is 3.21. The monoisotopic (exact) mass is 224 g/mol. The number of rotatable bonds is 2. The van der Waals surface area contributed by atoms with E-state index in [1.165, 1.54) is 24.2 Å². The molecule has 0 aromatic carbocycles. The summed E-state index contributed by atoms with van der Waals surface area (Å²) in [4.78, 5) is 11.6. The first-order chi connectivity index (χ1) is 7.18. The lowest BCUT2D eigenvalue weighted by atomic mass is 9.79. The lowest BCUT2D eigenvalue weighted by Gasteiger charge is -2.26. The van der Waals surface area contributed by atoms with E-state index in [4.69, 9.17) is 5.11 Å². The molecule has 0 unspecified atom stereocenters. The molecule has 1 aromatic rings. The zero-order chi connectivity index (χ0) is 10.8. The average molecular weight is 224 g/mol. The third kappa shape index (κ3) is 2.23. The molecule has 1 saturated carbocycles. The van der Waals surface area contributed by atoms with Gasteiger partial charge >= 0.3 is 5.97 Å². The molecule has 15 heavy (non-hydrogen) atoms. The average Bonchev–Trinajstić information content (AvgIpc) is 2.67. The van der Waals surface area contributed by atoms with Crippen LogP contribution in [0.15, 0.2) is 11.4 Å². The number of carboxylic acid groups (broad SMARTS) is 1. The van der Waals surface area contributed by atoms with Gasteiger partial charge in [0.15, 0.2) is 0 Å². The van der Waals surface area contributed by atoms with Crippen molar-refractivity contribution in [2.24, 2.45) is 5.92 Å². The highest BCUT2D eigenvalue weighted by Crippen LogP contribution is 2.38. The molecule has 1 N–H and O–H groups in total. The van der Waals surface area contributed by atoms with E-state index in [1.54, 1.807) is 0 Å². The Hall–Kier alpha value is -0.830. The maximum Gasteiger partial charge on any atom is 0.346 e. The second-order valence-corrected chi connectivity index (χ2v) is 5.38. The van der Waals surface area contributed by atoms with Crippen LogP contribution in [0.5, 0.6) is 0 Å². The van der Waals surface area contributed by atoms with Crippen molar-refractivity contribution in [1.82, 2.24) is 0 Å². The van der Waals surface area contributed by atoms with E-state index >= 15 is 0 Å². The van der Waals surface area contributed by atoms with Crippen LogP contribution in [-0.2, 0) is 0 Å². The summed E-state index contributed by atoms with van der Waals surface area (Å²) in [6.45, 7) is 2.28. The van der Waals surface area contributed by atoms with Gasteiger partial charge in [-0.2, -0.15) is 0 Å². The van der Waals surface area contributed by atoms with Gasteiger partial charge in [-0.15, -0.1) is 11.3 Å². The Labute approximate surface area is 93.9 Å². The summed E-state index contributed by atoms with van der Waals surface area (Å²) >= 11 is 1.35. The topological polar surface area (TPSA) is 37.3 Å². The standard InChI is InChI=1S/C12H16O2S/c1-8-2-4-9(5-3-8)10-6-7-15-11(10)12(13)14/h6-9H,2-5H2,1H3,(H,13,14). The molecule has 0 atom stereocenters. The Kier molecular flexibility index (Phi) is 3.10. The number of aromatic carboxylic acids is 1. The highest BCUT2D eigenvalue weighted by molar-refractivity contribution is 7.12. The van der Waals surface area contributed by atoms with Crippen molar-refractivity contribution < 1.29 is 9.90 Å². The molecule has 0 bridgehead atoms. The third-order valence-corrected chi connectivity index (χ3v) is 4.26. The van der Waals surface area contributed by atoms with E-state index in [0.717, 1.165) is 24.3 Å². The Morgan fingerprint density at radius 1 is 1.40 bits per heavy atom. The van der Waals surface area contributed by atoms with Crippen LogP contribution in [0.4, 0.5) is 0 Å². The maximum atomic E-state index is 11.0. The molecule has 2 rings (SSSR count). The van der Waals surface area contributed by atoms with Gasteiger partial charge in [-0.1, -0.05) is 19.8 Å². The van der Waals surface area contributed by atoms with Crippen LogP contribution in [-0.4, -0.2) is 11.1 Å². The van der Waals surface area contributed by atoms with E-state index in [-0.39, 0.29) is 0 Å². The normalized spacial score (nSPS) is 26.5. The van der Waals surface area contributed by atoms with Gasteiger partial charge in [0.1, 0.15) is 4.88 Å². The van der Waals surface area contributed by atoms with Gasteiger partial charge in [0.05, 0.1) is 0 Å². The van der Waals surface area contributed by atoms with Crippen molar-refractivity contribution >= 4 is 17.3 Å². The van der Waals surface area contributed by atoms with Crippen LogP contribution in [0.25, 0.3) is 0 Å². The Balaban J connectivity index is 2.15. The van der Waals surface area contributed by atoms with E-state index in [9.17, 15) is 4.79 Å². The smallest absolute Gasteiger partial charge is 0.346 e. The summed E-state index contributed by atoms with van der Waals surface area (Å²) in [5.41, 5.74) is 1.07. The molecule has 0 amide bonds. The fourth-order valence-electron chi connectivity index (χ4n) is 2.39. The number of thiophene rings is 1. The Bertz CT molecular complexity index is 348. The zero-order valence-corrected chi connectivity index (χ0v) is 9.72. The van der Waals surface area contributed by atoms with Crippen LogP contribution in [0, 0.1) is 5.92 Å². The van der Waals surface area contributed by atoms with Crippen LogP contribution < -0.4 is 0 Å². The predicted octanol–water partition coefficient (Wildman–Crippen LogP) is 3.74. The summed E-state index contributed by atoms with van der Waals surface area (Å²) < 4.78 is 0. The lowest BCUT2D eigenvalue weighted by Crippen LogP contribution is -2.12. The second-order valence-electron chi connectivity index (χ2n) is 4.47. The number of carbonyl (C=O) groups is 1. The van der Waals surface area contributed by atoms with Crippen molar-refractivity contribution in [3.8, 4) is 0 Å². The molecule has 1 aliphatic carbocycles.